The molecule has 0 bridgehead atoms. The van der Waals surface area contributed by atoms with E-state index in [2.05, 4.69) is 29.9 Å². The van der Waals surface area contributed by atoms with Gasteiger partial charge in [-0.3, -0.25) is 9.58 Å². The molecule has 1 aromatic heterocycles. The average molecular weight is 265 g/mol. The van der Waals surface area contributed by atoms with Crippen molar-refractivity contribution in [2.45, 2.75) is 58.1 Å². The summed E-state index contributed by atoms with van der Waals surface area (Å²) in [6.07, 6.45) is 3.83. The molecule has 2 rings (SSSR count). The molecule has 0 aromatic carbocycles. The highest BCUT2D eigenvalue weighted by atomic mass is 16.3. The molecule has 1 aliphatic heterocycles. The van der Waals surface area contributed by atoms with Gasteiger partial charge in [-0.05, 0) is 52.3 Å². The van der Waals surface area contributed by atoms with Gasteiger partial charge in [-0.2, -0.15) is 5.10 Å². The second-order valence-corrected chi connectivity index (χ2v) is 6.03. The summed E-state index contributed by atoms with van der Waals surface area (Å²) >= 11 is 0. The predicted octanol–water partition coefficient (Wildman–Crippen LogP) is 1.90. The summed E-state index contributed by atoms with van der Waals surface area (Å²) in [7, 11) is 1.95. The highest BCUT2D eigenvalue weighted by Crippen LogP contribution is 2.29. The van der Waals surface area contributed by atoms with Crippen molar-refractivity contribution < 1.29 is 5.11 Å². The minimum Gasteiger partial charge on any atom is -0.391 e. The number of aliphatic hydroxyl groups is 1. The Bertz CT molecular complexity index is 423. The zero-order chi connectivity index (χ0) is 14.0. The average Bonchev–Trinajstić information content (AvgIpc) is 2.99. The van der Waals surface area contributed by atoms with Crippen LogP contribution in [-0.2, 0) is 13.5 Å². The molecule has 4 heteroatoms. The molecular formula is C15H27N3O. The number of aryl methyl sites for hydroxylation is 2. The zero-order valence-electron chi connectivity index (χ0n) is 12.7. The molecule has 0 saturated carbocycles. The number of hydrogen-bond donors (Lipinski definition) is 1. The van der Waals surface area contributed by atoms with Gasteiger partial charge in [0, 0.05) is 24.7 Å². The van der Waals surface area contributed by atoms with Crippen LogP contribution in [0.15, 0.2) is 6.07 Å². The van der Waals surface area contributed by atoms with Crippen LogP contribution < -0.4 is 0 Å². The third-order valence-electron chi connectivity index (χ3n) is 4.76. The summed E-state index contributed by atoms with van der Waals surface area (Å²) in [6, 6.07) is 2.07. The van der Waals surface area contributed by atoms with Gasteiger partial charge in [0.2, 0.25) is 0 Å². The second-order valence-electron chi connectivity index (χ2n) is 6.03. The first-order valence-electron chi connectivity index (χ1n) is 7.40. The van der Waals surface area contributed by atoms with Crippen LogP contribution in [0.4, 0.5) is 0 Å². The van der Waals surface area contributed by atoms with E-state index in [0.717, 1.165) is 30.9 Å². The summed E-state index contributed by atoms with van der Waals surface area (Å²) in [4.78, 5) is 2.46. The van der Waals surface area contributed by atoms with Crippen LogP contribution in [-0.4, -0.2) is 44.5 Å². The standard InChI is InChI=1S/C15H27N3O/c1-5-15(3,18-8-6-7-9-18)14(19)11-13-10-12(2)16-17(13)4/h10,14,19H,5-9,11H2,1-4H3. The van der Waals surface area contributed by atoms with E-state index in [-0.39, 0.29) is 11.6 Å². The molecule has 2 heterocycles. The topological polar surface area (TPSA) is 41.3 Å². The Balaban J connectivity index is 2.12. The summed E-state index contributed by atoms with van der Waals surface area (Å²) in [6.45, 7) is 8.61. The molecule has 1 aromatic rings. The minimum absolute atomic E-state index is 0.116. The molecule has 19 heavy (non-hydrogen) atoms. The zero-order valence-corrected chi connectivity index (χ0v) is 12.7. The van der Waals surface area contributed by atoms with Crippen molar-refractivity contribution in [3.8, 4) is 0 Å². The smallest absolute Gasteiger partial charge is 0.0776 e. The maximum atomic E-state index is 10.7. The number of likely N-dealkylation sites (tertiary alicyclic amines) is 1. The van der Waals surface area contributed by atoms with Crippen LogP contribution >= 0.6 is 0 Å². The monoisotopic (exact) mass is 265 g/mol. The molecule has 0 aliphatic carbocycles. The molecule has 0 amide bonds. The first kappa shape index (κ1) is 14.5. The fourth-order valence-corrected chi connectivity index (χ4v) is 3.17. The van der Waals surface area contributed by atoms with E-state index in [9.17, 15) is 5.11 Å². The Morgan fingerprint density at radius 3 is 2.53 bits per heavy atom. The van der Waals surface area contributed by atoms with Crippen molar-refractivity contribution in [1.82, 2.24) is 14.7 Å². The molecule has 108 valence electrons. The Morgan fingerprint density at radius 2 is 2.05 bits per heavy atom. The Morgan fingerprint density at radius 1 is 1.42 bits per heavy atom. The van der Waals surface area contributed by atoms with Crippen LogP contribution in [0.3, 0.4) is 0 Å². The predicted molar refractivity (Wildman–Crippen MR) is 77.2 cm³/mol. The Kier molecular flexibility index (Phi) is 4.31. The summed E-state index contributed by atoms with van der Waals surface area (Å²) in [5, 5.41) is 15.1. The number of aliphatic hydroxyl groups excluding tert-OH is 1. The molecule has 0 spiro atoms. The van der Waals surface area contributed by atoms with Gasteiger partial charge in [0.25, 0.3) is 0 Å². The highest BCUT2D eigenvalue weighted by Gasteiger charge is 2.38. The molecule has 4 nitrogen and oxygen atoms in total. The number of nitrogens with zero attached hydrogens (tertiary/aromatic N) is 3. The molecule has 1 fully saturated rings. The van der Waals surface area contributed by atoms with E-state index in [4.69, 9.17) is 0 Å². The van der Waals surface area contributed by atoms with E-state index >= 15 is 0 Å². The summed E-state index contributed by atoms with van der Waals surface area (Å²) < 4.78 is 1.89. The normalized spacial score (nSPS) is 21.5. The molecule has 2 unspecified atom stereocenters. The number of rotatable bonds is 5. The van der Waals surface area contributed by atoms with Crippen LogP contribution in [0.1, 0.15) is 44.5 Å². The summed E-state index contributed by atoms with van der Waals surface area (Å²) in [5.41, 5.74) is 2.02. The minimum atomic E-state index is -0.342. The van der Waals surface area contributed by atoms with Gasteiger partial charge < -0.3 is 5.11 Å². The van der Waals surface area contributed by atoms with Gasteiger partial charge in [-0.15, -0.1) is 0 Å². The maximum absolute atomic E-state index is 10.7. The van der Waals surface area contributed by atoms with Gasteiger partial charge in [0.15, 0.2) is 0 Å². The van der Waals surface area contributed by atoms with Gasteiger partial charge in [-0.25, -0.2) is 0 Å². The number of aromatic nitrogens is 2. The maximum Gasteiger partial charge on any atom is 0.0776 e. The Hall–Kier alpha value is -0.870. The first-order valence-corrected chi connectivity index (χ1v) is 7.40. The van der Waals surface area contributed by atoms with Crippen molar-refractivity contribution in [1.29, 1.82) is 0 Å². The number of hydrogen-bond acceptors (Lipinski definition) is 3. The SMILES string of the molecule is CCC(C)(C(O)Cc1cc(C)nn1C)N1CCCC1. The van der Waals surface area contributed by atoms with Gasteiger partial charge in [-0.1, -0.05) is 6.92 Å². The molecule has 1 saturated heterocycles. The lowest BCUT2D eigenvalue weighted by molar-refractivity contribution is -0.0126. The van der Waals surface area contributed by atoms with Crippen LogP contribution in [0, 0.1) is 6.92 Å². The van der Waals surface area contributed by atoms with Crippen molar-refractivity contribution in [3.05, 3.63) is 17.5 Å². The molecular weight excluding hydrogens is 238 g/mol. The molecule has 0 radical (unpaired) electrons. The van der Waals surface area contributed by atoms with Crippen LogP contribution in [0.5, 0.6) is 0 Å². The Labute approximate surface area is 116 Å². The van der Waals surface area contributed by atoms with Gasteiger partial charge >= 0.3 is 0 Å². The van der Waals surface area contributed by atoms with Gasteiger partial charge in [0.05, 0.1) is 11.8 Å². The fraction of sp³-hybridized carbons (Fsp3) is 0.800. The van der Waals surface area contributed by atoms with E-state index in [1.807, 2.05) is 18.7 Å². The van der Waals surface area contributed by atoms with E-state index in [1.54, 1.807) is 0 Å². The summed E-state index contributed by atoms with van der Waals surface area (Å²) in [5.74, 6) is 0. The largest absolute Gasteiger partial charge is 0.391 e. The lowest BCUT2D eigenvalue weighted by atomic mass is 9.87. The van der Waals surface area contributed by atoms with Crippen molar-refractivity contribution in [3.63, 3.8) is 0 Å². The fourth-order valence-electron chi connectivity index (χ4n) is 3.17. The van der Waals surface area contributed by atoms with Crippen LogP contribution in [0.2, 0.25) is 0 Å². The highest BCUT2D eigenvalue weighted by molar-refractivity contribution is 5.11. The van der Waals surface area contributed by atoms with E-state index in [0.29, 0.717) is 6.42 Å². The quantitative estimate of drug-likeness (QED) is 0.884. The first-order chi connectivity index (χ1) is 8.97. The molecule has 2 atom stereocenters. The van der Waals surface area contributed by atoms with Gasteiger partial charge in [0.1, 0.15) is 0 Å². The second kappa shape index (κ2) is 5.63. The van der Waals surface area contributed by atoms with Crippen LogP contribution in [0.25, 0.3) is 0 Å². The van der Waals surface area contributed by atoms with Crippen molar-refractivity contribution in [2.24, 2.45) is 7.05 Å². The molecule has 1 aliphatic rings. The lowest BCUT2D eigenvalue weighted by Crippen LogP contribution is -2.54. The van der Waals surface area contributed by atoms with E-state index < -0.39 is 0 Å². The van der Waals surface area contributed by atoms with E-state index in [1.165, 1.54) is 12.8 Å². The van der Waals surface area contributed by atoms with Crippen molar-refractivity contribution >= 4 is 0 Å². The molecule has 1 N–H and O–H groups in total. The third-order valence-corrected chi connectivity index (χ3v) is 4.76. The van der Waals surface area contributed by atoms with Crippen molar-refractivity contribution in [2.75, 3.05) is 13.1 Å². The third kappa shape index (κ3) is 2.84. The lowest BCUT2D eigenvalue weighted by Gasteiger charge is -2.42.